The number of pyridine rings is 1. The summed E-state index contributed by atoms with van der Waals surface area (Å²) in [5.41, 5.74) is 8.75. The number of nitrogens with zero attached hydrogens (tertiary/aromatic N) is 1. The quantitative estimate of drug-likeness (QED) is 0.939. The van der Waals surface area contributed by atoms with Crippen LogP contribution in [0.1, 0.15) is 48.2 Å². The van der Waals surface area contributed by atoms with Crippen LogP contribution in [-0.4, -0.2) is 10.5 Å². The van der Waals surface area contributed by atoms with E-state index in [4.69, 9.17) is 5.73 Å². The molecule has 0 saturated heterocycles. The third-order valence-corrected chi connectivity index (χ3v) is 5.15. The number of aromatic nitrogens is 1. The van der Waals surface area contributed by atoms with Crippen molar-refractivity contribution in [1.82, 2.24) is 4.57 Å². The zero-order chi connectivity index (χ0) is 17.3. The van der Waals surface area contributed by atoms with Gasteiger partial charge in [-0.15, -0.1) is 0 Å². The maximum absolute atomic E-state index is 12.4. The van der Waals surface area contributed by atoms with Crippen LogP contribution >= 0.6 is 0 Å². The third kappa shape index (κ3) is 2.68. The van der Waals surface area contributed by atoms with Gasteiger partial charge >= 0.3 is 0 Å². The molecule has 1 amide bonds. The van der Waals surface area contributed by atoms with E-state index in [9.17, 15) is 9.59 Å². The first-order valence-electron chi connectivity index (χ1n) is 8.33. The molecule has 0 fully saturated rings. The average molecular weight is 322 g/mol. The first-order chi connectivity index (χ1) is 11.5. The Kier molecular flexibility index (Phi) is 4.14. The van der Waals surface area contributed by atoms with Gasteiger partial charge in [0.2, 0.25) is 5.91 Å². The Morgan fingerprint density at radius 1 is 1.21 bits per heavy atom. The van der Waals surface area contributed by atoms with E-state index in [-0.39, 0.29) is 11.0 Å². The molecule has 0 saturated carbocycles. The summed E-state index contributed by atoms with van der Waals surface area (Å²) in [5, 5.41) is 0. The van der Waals surface area contributed by atoms with Gasteiger partial charge in [0.15, 0.2) is 0 Å². The molecule has 1 aromatic heterocycles. The van der Waals surface area contributed by atoms with Crippen molar-refractivity contribution in [3.05, 3.63) is 75.7 Å². The fourth-order valence-electron chi connectivity index (χ4n) is 3.45. The minimum atomic E-state index is -0.458. The molecule has 0 aliphatic heterocycles. The number of benzene rings is 1. The lowest BCUT2D eigenvalue weighted by molar-refractivity contribution is 0.1000. The van der Waals surface area contributed by atoms with Gasteiger partial charge in [-0.1, -0.05) is 32.1 Å². The first kappa shape index (κ1) is 16.2. The molecule has 4 heteroatoms. The summed E-state index contributed by atoms with van der Waals surface area (Å²) < 4.78 is 1.66. The molecule has 1 aromatic carbocycles. The van der Waals surface area contributed by atoms with E-state index >= 15 is 0 Å². The van der Waals surface area contributed by atoms with E-state index in [1.54, 1.807) is 35.0 Å². The molecule has 0 spiro atoms. The predicted octanol–water partition coefficient (Wildman–Crippen LogP) is 3.20. The summed E-state index contributed by atoms with van der Waals surface area (Å²) in [7, 11) is 0. The molecule has 0 unspecified atom stereocenters. The van der Waals surface area contributed by atoms with Gasteiger partial charge in [-0.3, -0.25) is 14.2 Å². The summed E-state index contributed by atoms with van der Waals surface area (Å²) in [5.74, 6) is -0.458. The number of carbonyl (C=O) groups excluding carboxylic acids is 1. The van der Waals surface area contributed by atoms with Crippen molar-refractivity contribution in [1.29, 1.82) is 0 Å². The minimum Gasteiger partial charge on any atom is -0.366 e. The number of hydrogen-bond acceptors (Lipinski definition) is 2. The van der Waals surface area contributed by atoms with Crippen molar-refractivity contribution in [2.75, 3.05) is 0 Å². The number of nitrogens with two attached hydrogens (primary N) is 1. The molecule has 1 aliphatic carbocycles. The van der Waals surface area contributed by atoms with Crippen molar-refractivity contribution in [3.8, 4) is 0 Å². The van der Waals surface area contributed by atoms with Crippen molar-refractivity contribution in [2.24, 2.45) is 11.1 Å². The zero-order valence-corrected chi connectivity index (χ0v) is 14.1. The SMILES string of the molecule is CCC1(CC)C=C(n2ccccc2=O)c2cc(C(N)=O)ccc2C1. The number of hydrogen-bond donors (Lipinski definition) is 1. The van der Waals surface area contributed by atoms with Crippen LogP contribution in [-0.2, 0) is 6.42 Å². The highest BCUT2D eigenvalue weighted by molar-refractivity contribution is 5.94. The first-order valence-corrected chi connectivity index (χ1v) is 8.33. The second-order valence-corrected chi connectivity index (χ2v) is 6.42. The van der Waals surface area contributed by atoms with Gasteiger partial charge in [0.05, 0.1) is 5.70 Å². The van der Waals surface area contributed by atoms with E-state index in [0.717, 1.165) is 36.1 Å². The molecule has 24 heavy (non-hydrogen) atoms. The molecule has 1 heterocycles. The second kappa shape index (κ2) is 6.11. The van der Waals surface area contributed by atoms with E-state index in [1.165, 1.54) is 0 Å². The van der Waals surface area contributed by atoms with Crippen LogP contribution in [0.15, 0.2) is 53.5 Å². The Bertz CT molecular complexity index is 873. The Morgan fingerprint density at radius 2 is 1.96 bits per heavy atom. The third-order valence-electron chi connectivity index (χ3n) is 5.15. The van der Waals surface area contributed by atoms with Crippen LogP contribution in [0, 0.1) is 5.41 Å². The lowest BCUT2D eigenvalue weighted by Crippen LogP contribution is -2.29. The van der Waals surface area contributed by atoms with E-state index < -0.39 is 5.91 Å². The number of fused-ring (bicyclic) bond motifs is 1. The summed E-state index contributed by atoms with van der Waals surface area (Å²) in [6.07, 6.45) is 6.86. The molecule has 1 aliphatic rings. The van der Waals surface area contributed by atoms with Gasteiger partial charge in [0, 0.05) is 23.4 Å². The van der Waals surface area contributed by atoms with Crippen molar-refractivity contribution in [2.45, 2.75) is 33.1 Å². The van der Waals surface area contributed by atoms with Gasteiger partial charge in [-0.05, 0) is 48.4 Å². The summed E-state index contributed by atoms with van der Waals surface area (Å²) >= 11 is 0. The molecule has 0 atom stereocenters. The Balaban J connectivity index is 2.28. The summed E-state index contributed by atoms with van der Waals surface area (Å²) in [6, 6.07) is 10.7. The second-order valence-electron chi connectivity index (χ2n) is 6.42. The van der Waals surface area contributed by atoms with Crippen LogP contribution in [0.2, 0.25) is 0 Å². The molecular formula is C20H22N2O2. The van der Waals surface area contributed by atoms with E-state index in [2.05, 4.69) is 19.9 Å². The molecule has 0 bridgehead atoms. The molecule has 4 nitrogen and oxygen atoms in total. The highest BCUT2D eigenvalue weighted by atomic mass is 16.1. The number of primary amides is 1. The summed E-state index contributed by atoms with van der Waals surface area (Å²) in [4.78, 5) is 23.9. The maximum atomic E-state index is 12.4. The zero-order valence-electron chi connectivity index (χ0n) is 14.1. The number of rotatable bonds is 4. The number of carbonyl (C=O) groups is 1. The molecule has 3 rings (SSSR count). The predicted molar refractivity (Wildman–Crippen MR) is 95.8 cm³/mol. The van der Waals surface area contributed by atoms with Crippen LogP contribution in [0.5, 0.6) is 0 Å². The normalized spacial score (nSPS) is 15.5. The smallest absolute Gasteiger partial charge is 0.255 e. The molecule has 124 valence electrons. The Labute approximate surface area is 141 Å². The topological polar surface area (TPSA) is 65.1 Å². The number of amides is 1. The molecule has 2 aromatic rings. The van der Waals surface area contributed by atoms with Gasteiger partial charge < -0.3 is 5.73 Å². The van der Waals surface area contributed by atoms with Crippen LogP contribution in [0.4, 0.5) is 0 Å². The fourth-order valence-corrected chi connectivity index (χ4v) is 3.45. The van der Waals surface area contributed by atoms with Crippen molar-refractivity contribution >= 4 is 11.6 Å². The van der Waals surface area contributed by atoms with E-state index in [1.807, 2.05) is 12.1 Å². The lowest BCUT2D eigenvalue weighted by Gasteiger charge is -2.35. The largest absolute Gasteiger partial charge is 0.366 e. The van der Waals surface area contributed by atoms with Gasteiger partial charge in [0.25, 0.3) is 5.56 Å². The van der Waals surface area contributed by atoms with Crippen LogP contribution in [0.25, 0.3) is 5.70 Å². The average Bonchev–Trinajstić information content (AvgIpc) is 2.60. The molecule has 2 N–H and O–H groups in total. The molecule has 0 radical (unpaired) electrons. The highest BCUT2D eigenvalue weighted by Crippen LogP contribution is 2.42. The van der Waals surface area contributed by atoms with Crippen molar-refractivity contribution in [3.63, 3.8) is 0 Å². The van der Waals surface area contributed by atoms with Crippen molar-refractivity contribution < 1.29 is 4.79 Å². The monoisotopic (exact) mass is 322 g/mol. The van der Waals surface area contributed by atoms with Crippen LogP contribution < -0.4 is 11.3 Å². The van der Waals surface area contributed by atoms with Gasteiger partial charge in [-0.2, -0.15) is 0 Å². The summed E-state index contributed by atoms with van der Waals surface area (Å²) in [6.45, 7) is 4.35. The minimum absolute atomic E-state index is 0.0197. The van der Waals surface area contributed by atoms with Crippen LogP contribution in [0.3, 0.4) is 0 Å². The van der Waals surface area contributed by atoms with E-state index in [0.29, 0.717) is 5.56 Å². The standard InChI is InChI=1S/C20H22N2O2/c1-3-20(4-2)12-15-9-8-14(19(21)24)11-16(15)17(13-20)22-10-6-5-7-18(22)23/h5-11,13H,3-4,12H2,1-2H3,(H2,21,24). The Hall–Kier alpha value is -2.62. The Morgan fingerprint density at radius 3 is 2.58 bits per heavy atom. The molecular weight excluding hydrogens is 300 g/mol. The lowest BCUT2D eigenvalue weighted by atomic mass is 9.71. The number of allylic oxidation sites excluding steroid dienone is 1. The fraction of sp³-hybridized carbons (Fsp3) is 0.300. The van der Waals surface area contributed by atoms with Gasteiger partial charge in [-0.25, -0.2) is 0 Å². The maximum Gasteiger partial charge on any atom is 0.255 e. The highest BCUT2D eigenvalue weighted by Gasteiger charge is 2.31. The van der Waals surface area contributed by atoms with Gasteiger partial charge in [0.1, 0.15) is 0 Å².